The molecule has 0 radical (unpaired) electrons. The van der Waals surface area contributed by atoms with Gasteiger partial charge in [0.15, 0.2) is 5.76 Å². The zero-order valence-corrected chi connectivity index (χ0v) is 16.2. The summed E-state index contributed by atoms with van der Waals surface area (Å²) in [7, 11) is 0. The lowest BCUT2D eigenvalue weighted by Gasteiger charge is -2.30. The zero-order valence-electron chi connectivity index (χ0n) is 15.4. The Balaban J connectivity index is 1.67. The van der Waals surface area contributed by atoms with Crippen molar-refractivity contribution in [1.29, 1.82) is 0 Å². The van der Waals surface area contributed by atoms with Gasteiger partial charge in [0.05, 0.1) is 19.1 Å². The number of thiophene rings is 1. The van der Waals surface area contributed by atoms with Crippen molar-refractivity contribution in [3.8, 4) is 0 Å². The molecule has 4 rings (SSSR count). The Morgan fingerprint density at radius 2 is 1.89 bits per heavy atom. The first kappa shape index (κ1) is 18.6. The number of carbonyl (C=O) groups excluding carboxylic acids is 2. The van der Waals surface area contributed by atoms with Gasteiger partial charge >= 0.3 is 0 Å². The molecule has 3 heterocycles. The fourth-order valence-electron chi connectivity index (χ4n) is 3.61. The van der Waals surface area contributed by atoms with E-state index in [0.717, 1.165) is 30.6 Å². The number of furan rings is 2. The summed E-state index contributed by atoms with van der Waals surface area (Å²) in [5, 5.41) is 5.05. The molecule has 0 aliphatic heterocycles. The summed E-state index contributed by atoms with van der Waals surface area (Å²) < 4.78 is 10.8. The molecule has 28 heavy (non-hydrogen) atoms. The molecular formula is C21H22N2O4S. The molecule has 2 amide bonds. The van der Waals surface area contributed by atoms with Crippen LogP contribution >= 0.6 is 11.3 Å². The topological polar surface area (TPSA) is 75.7 Å². The molecule has 146 valence electrons. The number of rotatable bonds is 7. The van der Waals surface area contributed by atoms with Crippen LogP contribution in [0, 0.1) is 0 Å². The number of nitrogens with one attached hydrogen (secondary N) is 1. The van der Waals surface area contributed by atoms with E-state index in [2.05, 4.69) is 5.32 Å². The second-order valence-electron chi connectivity index (χ2n) is 6.90. The van der Waals surface area contributed by atoms with Gasteiger partial charge < -0.3 is 19.1 Å². The van der Waals surface area contributed by atoms with Crippen LogP contribution in [-0.4, -0.2) is 22.8 Å². The molecule has 1 N–H and O–H groups in total. The third-order valence-electron chi connectivity index (χ3n) is 4.97. The van der Waals surface area contributed by atoms with Crippen molar-refractivity contribution >= 4 is 23.2 Å². The summed E-state index contributed by atoms with van der Waals surface area (Å²) in [6, 6.07) is 10.0. The van der Waals surface area contributed by atoms with Gasteiger partial charge in [0.1, 0.15) is 11.8 Å². The molecule has 3 aromatic rings. The first-order chi connectivity index (χ1) is 13.7. The Kier molecular flexibility index (Phi) is 5.62. The van der Waals surface area contributed by atoms with Gasteiger partial charge in [-0.05, 0) is 48.6 Å². The highest BCUT2D eigenvalue weighted by Crippen LogP contribution is 2.30. The summed E-state index contributed by atoms with van der Waals surface area (Å²) in [6.07, 6.45) is 7.22. The van der Waals surface area contributed by atoms with Gasteiger partial charge in [0, 0.05) is 10.9 Å². The molecule has 0 bridgehead atoms. The monoisotopic (exact) mass is 398 g/mol. The zero-order chi connectivity index (χ0) is 19.3. The van der Waals surface area contributed by atoms with Gasteiger partial charge in [0.2, 0.25) is 5.91 Å². The van der Waals surface area contributed by atoms with Crippen molar-refractivity contribution in [3.63, 3.8) is 0 Å². The van der Waals surface area contributed by atoms with Crippen molar-refractivity contribution in [3.05, 3.63) is 70.7 Å². The third-order valence-corrected chi connectivity index (χ3v) is 5.90. The first-order valence-electron chi connectivity index (χ1n) is 9.43. The summed E-state index contributed by atoms with van der Waals surface area (Å²) in [5.41, 5.74) is 0. The van der Waals surface area contributed by atoms with Gasteiger partial charge in [-0.1, -0.05) is 18.9 Å². The fourth-order valence-corrected chi connectivity index (χ4v) is 4.45. The van der Waals surface area contributed by atoms with Gasteiger partial charge in [-0.15, -0.1) is 11.3 Å². The summed E-state index contributed by atoms with van der Waals surface area (Å²) in [6.45, 7) is 0.174. The predicted molar refractivity (Wildman–Crippen MR) is 105 cm³/mol. The largest absolute Gasteiger partial charge is 0.467 e. The van der Waals surface area contributed by atoms with E-state index in [1.54, 1.807) is 30.5 Å². The van der Waals surface area contributed by atoms with E-state index in [0.29, 0.717) is 5.76 Å². The summed E-state index contributed by atoms with van der Waals surface area (Å²) in [5.74, 6) is 0.291. The van der Waals surface area contributed by atoms with Crippen molar-refractivity contribution in [2.24, 2.45) is 0 Å². The van der Waals surface area contributed by atoms with Crippen LogP contribution in [-0.2, 0) is 11.3 Å². The molecule has 3 aromatic heterocycles. The van der Waals surface area contributed by atoms with Gasteiger partial charge in [0.25, 0.3) is 5.91 Å². The van der Waals surface area contributed by atoms with Crippen LogP contribution in [0.3, 0.4) is 0 Å². The number of nitrogens with zero attached hydrogens (tertiary/aromatic N) is 1. The standard InChI is InChI=1S/C21H22N2O4S/c24-20(22-15-6-1-2-7-15)19(18-10-5-13-28-18)23(14-16-8-3-11-26-16)21(25)17-9-4-12-27-17/h3-5,8-13,15,19H,1-2,6-7,14H2,(H,22,24). The Bertz CT molecular complexity index is 881. The van der Waals surface area contributed by atoms with Crippen LogP contribution in [0.25, 0.3) is 0 Å². The number of hydrogen-bond donors (Lipinski definition) is 1. The minimum absolute atomic E-state index is 0.166. The lowest BCUT2D eigenvalue weighted by molar-refractivity contribution is -0.126. The van der Waals surface area contributed by atoms with E-state index in [9.17, 15) is 9.59 Å². The summed E-state index contributed by atoms with van der Waals surface area (Å²) in [4.78, 5) is 28.8. The highest BCUT2D eigenvalue weighted by atomic mass is 32.1. The van der Waals surface area contributed by atoms with Crippen molar-refractivity contribution in [2.75, 3.05) is 0 Å². The van der Waals surface area contributed by atoms with E-state index in [4.69, 9.17) is 8.83 Å². The maximum atomic E-state index is 13.3. The maximum Gasteiger partial charge on any atom is 0.290 e. The van der Waals surface area contributed by atoms with Gasteiger partial charge in [-0.2, -0.15) is 0 Å². The Morgan fingerprint density at radius 1 is 1.11 bits per heavy atom. The summed E-state index contributed by atoms with van der Waals surface area (Å²) >= 11 is 1.46. The highest BCUT2D eigenvalue weighted by molar-refractivity contribution is 7.10. The average Bonchev–Trinajstić information content (AvgIpc) is 3.50. The maximum absolute atomic E-state index is 13.3. The van der Waals surface area contributed by atoms with Crippen molar-refractivity contribution in [2.45, 2.75) is 44.3 Å². The molecule has 0 saturated heterocycles. The normalized spacial score (nSPS) is 15.4. The molecule has 1 aliphatic carbocycles. The highest BCUT2D eigenvalue weighted by Gasteiger charge is 2.35. The minimum Gasteiger partial charge on any atom is -0.467 e. The minimum atomic E-state index is -0.747. The Morgan fingerprint density at radius 3 is 2.54 bits per heavy atom. The molecule has 7 heteroatoms. The van der Waals surface area contributed by atoms with Crippen LogP contribution in [0.2, 0.25) is 0 Å². The van der Waals surface area contributed by atoms with Gasteiger partial charge in [-0.3, -0.25) is 9.59 Å². The number of amides is 2. The fraction of sp³-hybridized carbons (Fsp3) is 0.333. The molecule has 1 aliphatic rings. The number of carbonyl (C=O) groups is 2. The molecule has 0 spiro atoms. The van der Waals surface area contributed by atoms with Crippen LogP contribution in [0.15, 0.2) is 63.1 Å². The second kappa shape index (κ2) is 8.48. The molecular weight excluding hydrogens is 376 g/mol. The molecule has 1 saturated carbocycles. The van der Waals surface area contributed by atoms with Crippen LogP contribution in [0.5, 0.6) is 0 Å². The quantitative estimate of drug-likeness (QED) is 0.641. The van der Waals surface area contributed by atoms with Crippen molar-refractivity contribution in [1.82, 2.24) is 10.2 Å². The van der Waals surface area contributed by atoms with E-state index in [1.165, 1.54) is 22.5 Å². The van der Waals surface area contributed by atoms with Crippen LogP contribution < -0.4 is 5.32 Å². The molecule has 6 nitrogen and oxygen atoms in total. The number of hydrogen-bond acceptors (Lipinski definition) is 5. The predicted octanol–water partition coefficient (Wildman–Crippen LogP) is 4.38. The Labute approximate surface area is 167 Å². The average molecular weight is 398 g/mol. The first-order valence-corrected chi connectivity index (χ1v) is 10.3. The van der Waals surface area contributed by atoms with E-state index < -0.39 is 6.04 Å². The Hall–Kier alpha value is -2.80. The lowest BCUT2D eigenvalue weighted by Crippen LogP contribution is -2.45. The second-order valence-corrected chi connectivity index (χ2v) is 7.88. The van der Waals surface area contributed by atoms with Gasteiger partial charge in [-0.25, -0.2) is 0 Å². The van der Waals surface area contributed by atoms with Crippen molar-refractivity contribution < 1.29 is 18.4 Å². The SMILES string of the molecule is O=C(NC1CCCC1)C(c1cccs1)N(Cc1ccco1)C(=O)c1ccco1. The van der Waals surface area contributed by atoms with Crippen LogP contribution in [0.1, 0.15) is 52.9 Å². The third kappa shape index (κ3) is 4.04. The smallest absolute Gasteiger partial charge is 0.290 e. The lowest BCUT2D eigenvalue weighted by atomic mass is 10.1. The molecule has 1 unspecified atom stereocenters. The molecule has 1 atom stereocenters. The van der Waals surface area contributed by atoms with E-state index in [-0.39, 0.29) is 30.2 Å². The van der Waals surface area contributed by atoms with E-state index >= 15 is 0 Å². The molecule has 0 aromatic carbocycles. The van der Waals surface area contributed by atoms with Crippen LogP contribution in [0.4, 0.5) is 0 Å². The molecule has 1 fully saturated rings. The van der Waals surface area contributed by atoms with E-state index in [1.807, 2.05) is 17.5 Å².